The predicted molar refractivity (Wildman–Crippen MR) is 391 cm³/mol. The van der Waals surface area contributed by atoms with Crippen LogP contribution in [0.1, 0.15) is 125 Å². The molecular weight excluding hydrogens is 1570 g/mol. The van der Waals surface area contributed by atoms with Gasteiger partial charge in [-0.15, -0.1) is 56.7 Å². The number of carbonyl (C=O) groups excluding carboxylic acids is 9. The first-order valence-corrected chi connectivity index (χ1v) is 38.4. The summed E-state index contributed by atoms with van der Waals surface area (Å²) in [6.07, 6.45) is -17.4. The molecule has 0 saturated carbocycles. The van der Waals surface area contributed by atoms with Crippen LogP contribution in [0.2, 0.25) is 0 Å². The van der Waals surface area contributed by atoms with Crippen molar-refractivity contribution >= 4 is 127 Å². The second-order valence-electron chi connectivity index (χ2n) is 26.5. The molecule has 8 aromatic rings. The quantitative estimate of drug-likeness (QED) is 0.0282. The van der Waals surface area contributed by atoms with E-state index < -0.39 is 195 Å². The standard InChI is InChI=1S/C68H71N15O24S5/c1-23(53(69)91)71-54(92)32-20-111-63(76-32)45-37(86)11-28-44(78-45)31-18-109-61(73-31)30-17-104-66(98)47-29-16-102-50(46(64-77-33(21-112-64)55(93)72-30)81-57(95)35-22-110-62(75-35)43(25(3)101-7)80-58(96)42(24(2)85)79-56(94)34-19-108-60(28)74-34)51(67(99)103-15-27-9-8-10-36(41(27)29)83(47)100)106-40-12-68(5)52(26(4)105-40)82(6)65(107-68)59(97)70-13-38(87)48(89)49(90)39(88)14-84/h8-11,18-22,24,26,30,38-40,42,46,48-52,65,84-90,100H,1,12-17H2,2-7H3,(H2,69,91)(H,70,97)(H,71,92)(H,72,93)(H,79,94)(H,80,96)(H,81,95)/b43-25+. The third kappa shape index (κ3) is 15.7. The molecule has 2 fully saturated rings. The molecule has 112 heavy (non-hydrogen) atoms. The Balaban J connectivity index is 0.934. The maximum atomic E-state index is 15.5. The lowest BCUT2D eigenvalue weighted by Gasteiger charge is -2.45. The molecule has 13 rings (SSSR count). The zero-order valence-electron chi connectivity index (χ0n) is 59.5. The van der Waals surface area contributed by atoms with Crippen LogP contribution >= 0.6 is 56.7 Å². The van der Waals surface area contributed by atoms with Gasteiger partial charge in [0.15, 0.2) is 24.3 Å². The molecule has 5 aliphatic heterocycles. The van der Waals surface area contributed by atoms with E-state index >= 15 is 19.2 Å². The summed E-state index contributed by atoms with van der Waals surface area (Å²) in [4.78, 5) is 159. The molecule has 12 heterocycles. The lowest BCUT2D eigenvalue weighted by atomic mass is 9.86. The number of amides is 7. The first-order valence-electron chi connectivity index (χ1n) is 34.0. The number of methoxy groups -OCH3 is 1. The van der Waals surface area contributed by atoms with Crippen molar-refractivity contribution in [2.75, 3.05) is 33.9 Å². The molecule has 39 nitrogen and oxygen atoms in total. The molecule has 2 saturated heterocycles. The fourth-order valence-electron chi connectivity index (χ4n) is 13.3. The number of pyridine rings is 1. The van der Waals surface area contributed by atoms with Gasteiger partial charge in [-0.25, -0.2) is 39.5 Å². The maximum Gasteiger partial charge on any atom is 0.358 e. The minimum absolute atomic E-state index is 0.00198. The van der Waals surface area contributed by atoms with E-state index in [1.165, 1.54) is 71.0 Å². The molecule has 7 aromatic heterocycles. The van der Waals surface area contributed by atoms with Crippen molar-refractivity contribution in [3.8, 4) is 38.4 Å². The van der Waals surface area contributed by atoms with Crippen LogP contribution in [0.15, 0.2) is 69.2 Å². The number of nitrogens with one attached hydrogen (secondary N) is 6. The van der Waals surface area contributed by atoms with Gasteiger partial charge in [0, 0.05) is 56.4 Å². The summed E-state index contributed by atoms with van der Waals surface area (Å²) in [5, 5.41) is 108. The largest absolute Gasteiger partial charge is 0.506 e. The zero-order chi connectivity index (χ0) is 80.2. The molecule has 0 spiro atoms. The number of aliphatic hydroxyl groups is 6. The summed E-state index contributed by atoms with van der Waals surface area (Å²) < 4.78 is 45.1. The first kappa shape index (κ1) is 79.8. The molecule has 15 unspecified atom stereocenters. The number of likely N-dealkylation sites (N-methyl/N-ethyl adjacent to an activating group) is 1. The lowest BCUT2D eigenvalue weighted by Crippen LogP contribution is -2.59. The summed E-state index contributed by atoms with van der Waals surface area (Å²) in [6, 6.07) is 0.0710. The third-order valence-corrected chi connectivity index (χ3v) is 23.4. The minimum Gasteiger partial charge on any atom is -0.506 e. The van der Waals surface area contributed by atoms with E-state index in [4.69, 9.17) is 53.8 Å². The number of aliphatic hydroxyl groups excluding tert-OH is 6. The molecule has 44 heteroatoms. The Morgan fingerprint density at radius 2 is 1.48 bits per heavy atom. The van der Waals surface area contributed by atoms with Crippen molar-refractivity contribution in [1.29, 1.82) is 0 Å². The van der Waals surface area contributed by atoms with E-state index in [0.717, 1.165) is 56.7 Å². The Morgan fingerprint density at radius 3 is 2.21 bits per heavy atom. The number of nitrogens with two attached hydrogens (primary N) is 1. The molecule has 12 bridgehead atoms. The monoisotopic (exact) mass is 1640 g/mol. The Bertz CT molecular complexity index is 5110. The van der Waals surface area contributed by atoms with Gasteiger partial charge in [0.2, 0.25) is 5.91 Å². The van der Waals surface area contributed by atoms with Crippen molar-refractivity contribution in [1.82, 2.24) is 71.4 Å². The van der Waals surface area contributed by atoms with Gasteiger partial charge < -0.3 is 112 Å². The molecule has 5 aliphatic rings. The van der Waals surface area contributed by atoms with Crippen LogP contribution in [-0.4, -0.2) is 247 Å². The van der Waals surface area contributed by atoms with E-state index in [9.17, 15) is 64.9 Å². The number of allylic oxidation sites excluding steroid dienone is 1. The molecule has 0 radical (unpaired) electrons. The van der Waals surface area contributed by atoms with Crippen molar-refractivity contribution in [3.63, 3.8) is 0 Å². The van der Waals surface area contributed by atoms with E-state index in [1.54, 1.807) is 27.0 Å². The van der Waals surface area contributed by atoms with Crippen LogP contribution in [0.3, 0.4) is 0 Å². The summed E-state index contributed by atoms with van der Waals surface area (Å²) in [7, 11) is 2.83. The molecular formula is C68H71N15O24S5. The number of esters is 2. The smallest absolute Gasteiger partial charge is 0.358 e. The van der Waals surface area contributed by atoms with Gasteiger partial charge in [0.05, 0.1) is 61.5 Å². The van der Waals surface area contributed by atoms with Crippen molar-refractivity contribution in [3.05, 3.63) is 124 Å². The number of primary amides is 1. The normalized spacial score (nSPS) is 24.9. The first-order chi connectivity index (χ1) is 53.3. The Hall–Kier alpha value is -10.3. The van der Waals surface area contributed by atoms with Gasteiger partial charge >= 0.3 is 11.9 Å². The van der Waals surface area contributed by atoms with Crippen LogP contribution < -0.4 is 37.6 Å². The fourth-order valence-corrected chi connectivity index (χ4v) is 17.5. The highest BCUT2D eigenvalue weighted by Crippen LogP contribution is 2.46. The molecule has 592 valence electrons. The van der Waals surface area contributed by atoms with Crippen LogP contribution in [0.25, 0.3) is 49.3 Å². The molecule has 1 aromatic carbocycles. The van der Waals surface area contributed by atoms with Crippen LogP contribution in [0.5, 0.6) is 5.75 Å². The van der Waals surface area contributed by atoms with Crippen LogP contribution in [0.4, 0.5) is 0 Å². The van der Waals surface area contributed by atoms with Gasteiger partial charge in [-0.3, -0.25) is 38.5 Å². The highest BCUT2D eigenvalue weighted by molar-refractivity contribution is 7.14. The van der Waals surface area contributed by atoms with Crippen molar-refractivity contribution in [2.24, 2.45) is 5.73 Å². The number of rotatable bonds is 15. The van der Waals surface area contributed by atoms with Gasteiger partial charge in [-0.2, -0.15) is 4.73 Å². The van der Waals surface area contributed by atoms with E-state index in [-0.39, 0.29) is 110 Å². The number of benzene rings is 1. The molecule has 16 N–H and O–H groups in total. The zero-order valence-corrected chi connectivity index (χ0v) is 63.6. The van der Waals surface area contributed by atoms with Gasteiger partial charge in [-0.05, 0) is 52.4 Å². The van der Waals surface area contributed by atoms with Crippen molar-refractivity contribution in [2.45, 2.75) is 138 Å². The van der Waals surface area contributed by atoms with E-state index in [2.05, 4.69) is 53.4 Å². The molecule has 7 amide bonds. The Morgan fingerprint density at radius 1 is 0.821 bits per heavy atom. The van der Waals surface area contributed by atoms with Gasteiger partial charge in [0.25, 0.3) is 35.4 Å². The number of ether oxygens (including phenoxy) is 7. The summed E-state index contributed by atoms with van der Waals surface area (Å²) in [6.45, 7) is 5.76. The van der Waals surface area contributed by atoms with Crippen LogP contribution in [-0.2, 0) is 65.5 Å². The third-order valence-electron chi connectivity index (χ3n) is 19.0. The average molecular weight is 1640 g/mol. The SMILES string of the molecule is C=C(NC(=O)c1csc(-c2nc3c(cc2O)-c2nc(cs2)C(=O)NC(C(C)O)C(=O)N/C(=C(\C)OC)c2nc(cs2)C(=O)NC2c4nc(cs4)C(=O)NC(COC(=O)c4c5c6c(cccc6n4O)COC(=O)C(OC4CC6(C)OC(C(=O)NCC(O)C(O)C(O)C(O)CO)N(C)C6C(C)O4)C2OC5)c2nc-3cs2)n1)C(N)=O. The van der Waals surface area contributed by atoms with E-state index in [0.29, 0.717) is 4.73 Å². The number of cyclic esters (lactones) is 2. The summed E-state index contributed by atoms with van der Waals surface area (Å²) >= 11 is 4.27. The number of fused-ring (bicyclic) bond motifs is 16. The number of carbonyl (C=O) groups is 9. The average Bonchev–Trinajstić information content (AvgIpc) is 1.59. The fraction of sp³-hybridized carbons (Fsp3) is 0.397. The van der Waals surface area contributed by atoms with Crippen molar-refractivity contribution < 1.29 is 117 Å². The Kier molecular flexibility index (Phi) is 23.1. The van der Waals surface area contributed by atoms with E-state index in [1.807, 2.05) is 0 Å². The van der Waals surface area contributed by atoms with Gasteiger partial charge in [-0.1, -0.05) is 18.7 Å². The summed E-state index contributed by atoms with van der Waals surface area (Å²) in [5.41, 5.74) is 1.47. The van der Waals surface area contributed by atoms with Crippen LogP contribution in [0, 0.1) is 0 Å². The number of hydrogen-bond donors (Lipinski definition) is 15. The lowest BCUT2D eigenvalue weighted by molar-refractivity contribution is -0.269. The highest BCUT2D eigenvalue weighted by Gasteiger charge is 2.59. The highest BCUT2D eigenvalue weighted by atomic mass is 32.1. The number of nitrogens with zero attached hydrogens (tertiary/aromatic N) is 8. The number of thiazole rings is 5. The number of aromatic nitrogens is 7. The number of hydrogen-bond acceptors (Lipinski definition) is 36. The molecule has 0 aliphatic carbocycles. The maximum absolute atomic E-state index is 15.5. The predicted octanol–water partition coefficient (Wildman–Crippen LogP) is 0.178. The Labute approximate surface area is 652 Å². The second-order valence-corrected chi connectivity index (χ2v) is 30.9. The topological polar surface area (TPSA) is 564 Å². The second kappa shape index (κ2) is 32.4. The molecule has 15 atom stereocenters. The number of aromatic hydroxyl groups is 1. The van der Waals surface area contributed by atoms with Gasteiger partial charge in [0.1, 0.15) is 138 Å². The summed E-state index contributed by atoms with van der Waals surface area (Å²) in [5.74, 6) is -9.56. The minimum atomic E-state index is -2.05.